The number of allylic oxidation sites excluding steroid dienone is 1. The van der Waals surface area contributed by atoms with Crippen LogP contribution in [0.25, 0.3) is 0 Å². The number of benzene rings is 1. The predicted molar refractivity (Wildman–Crippen MR) is 76.5 cm³/mol. The van der Waals surface area contributed by atoms with Crippen LogP contribution in [-0.4, -0.2) is 22.5 Å². The van der Waals surface area contributed by atoms with E-state index >= 15 is 0 Å². The van der Waals surface area contributed by atoms with Gasteiger partial charge in [0.15, 0.2) is 0 Å². The lowest BCUT2D eigenvalue weighted by molar-refractivity contribution is 0.0740. The average molecular weight is 268 g/mol. The van der Waals surface area contributed by atoms with E-state index in [9.17, 15) is 9.59 Å². The number of aliphatic imine (C=N–C) groups is 1. The molecule has 0 spiro atoms. The Morgan fingerprint density at radius 3 is 2.30 bits per heavy atom. The number of fused-ring (bicyclic) bond motifs is 1. The van der Waals surface area contributed by atoms with E-state index in [4.69, 9.17) is 0 Å². The van der Waals surface area contributed by atoms with E-state index in [0.29, 0.717) is 22.9 Å². The Hall–Kier alpha value is -2.23. The smallest absolute Gasteiger partial charge is 0.267 e. The van der Waals surface area contributed by atoms with Crippen molar-refractivity contribution in [1.82, 2.24) is 4.90 Å². The normalized spacial score (nSPS) is 24.9. The molecule has 0 saturated carbocycles. The summed E-state index contributed by atoms with van der Waals surface area (Å²) in [5.74, 6) is 0.410. The van der Waals surface area contributed by atoms with Crippen LogP contribution >= 0.6 is 0 Å². The molecule has 1 aromatic carbocycles. The second-order valence-corrected chi connectivity index (χ2v) is 5.18. The van der Waals surface area contributed by atoms with Crippen molar-refractivity contribution in [1.29, 1.82) is 0 Å². The van der Waals surface area contributed by atoms with Crippen LogP contribution < -0.4 is 0 Å². The van der Waals surface area contributed by atoms with E-state index in [1.807, 2.05) is 13.0 Å². The highest BCUT2D eigenvalue weighted by Gasteiger charge is 2.41. The summed E-state index contributed by atoms with van der Waals surface area (Å²) in [6.45, 7) is 4.11. The summed E-state index contributed by atoms with van der Waals surface area (Å²) in [5, 5.41) is 0. The third kappa shape index (κ3) is 1.72. The summed E-state index contributed by atoms with van der Waals surface area (Å²) < 4.78 is 0. The maximum atomic E-state index is 12.4. The molecule has 2 amide bonds. The van der Waals surface area contributed by atoms with Crippen molar-refractivity contribution in [2.75, 3.05) is 0 Å². The van der Waals surface area contributed by atoms with Gasteiger partial charge in [-0.2, -0.15) is 0 Å². The number of carbonyl (C=O) groups excluding carboxylic acids is 2. The Balaban J connectivity index is 2.01. The minimum Gasteiger partial charge on any atom is -0.268 e. The molecule has 2 atom stereocenters. The molecule has 3 rings (SSSR count). The van der Waals surface area contributed by atoms with Crippen molar-refractivity contribution in [2.45, 2.75) is 20.3 Å². The molecule has 4 heteroatoms. The Morgan fingerprint density at radius 1 is 1.15 bits per heavy atom. The zero-order chi connectivity index (χ0) is 14.3. The molecule has 0 aromatic heterocycles. The standard InChI is InChI=1S/C16H16N2O2/c1-3-11-8-9-17-14(10(11)2)18-15(19)12-6-4-5-7-13(12)16(18)20/h4-11H,3H2,1-2H3. The molecule has 2 aliphatic heterocycles. The van der Waals surface area contributed by atoms with E-state index in [2.05, 4.69) is 11.9 Å². The van der Waals surface area contributed by atoms with Crippen LogP contribution in [0.2, 0.25) is 0 Å². The second kappa shape index (κ2) is 4.71. The maximum Gasteiger partial charge on any atom is 0.267 e. The van der Waals surface area contributed by atoms with Gasteiger partial charge in [-0.05, 0) is 24.5 Å². The molecule has 2 heterocycles. The Bertz CT molecular complexity index is 611. The molecule has 4 nitrogen and oxygen atoms in total. The molecular formula is C16H16N2O2. The van der Waals surface area contributed by atoms with E-state index in [1.165, 1.54) is 4.90 Å². The van der Waals surface area contributed by atoms with Gasteiger partial charge in [0.25, 0.3) is 11.8 Å². The van der Waals surface area contributed by atoms with Crippen LogP contribution in [-0.2, 0) is 0 Å². The van der Waals surface area contributed by atoms with E-state index in [1.54, 1.807) is 30.5 Å². The monoisotopic (exact) mass is 268 g/mol. The summed E-state index contributed by atoms with van der Waals surface area (Å²) in [6.07, 6.45) is 4.69. The highest BCUT2D eigenvalue weighted by molar-refractivity contribution is 6.30. The van der Waals surface area contributed by atoms with E-state index < -0.39 is 0 Å². The van der Waals surface area contributed by atoms with Crippen LogP contribution in [0.15, 0.2) is 41.5 Å². The molecule has 102 valence electrons. The molecule has 1 aromatic rings. The van der Waals surface area contributed by atoms with Crippen molar-refractivity contribution in [3.05, 3.63) is 47.7 Å². The second-order valence-electron chi connectivity index (χ2n) is 5.18. The van der Waals surface area contributed by atoms with Crippen LogP contribution in [0.1, 0.15) is 41.0 Å². The summed E-state index contributed by atoms with van der Waals surface area (Å²) in [7, 11) is 0. The first-order chi connectivity index (χ1) is 9.65. The first kappa shape index (κ1) is 12.8. The van der Waals surface area contributed by atoms with Gasteiger partial charge in [-0.15, -0.1) is 0 Å². The average Bonchev–Trinajstić information content (AvgIpc) is 2.72. The fraction of sp³-hybridized carbons (Fsp3) is 0.312. The lowest BCUT2D eigenvalue weighted by atomic mass is 9.88. The molecule has 0 aliphatic carbocycles. The van der Waals surface area contributed by atoms with Crippen LogP contribution in [0, 0.1) is 11.8 Å². The highest BCUT2D eigenvalue weighted by Crippen LogP contribution is 2.30. The number of hydrogen-bond acceptors (Lipinski definition) is 3. The van der Waals surface area contributed by atoms with Crippen LogP contribution in [0.3, 0.4) is 0 Å². The highest BCUT2D eigenvalue weighted by atomic mass is 16.2. The topological polar surface area (TPSA) is 49.7 Å². The Labute approximate surface area is 117 Å². The number of rotatable bonds is 1. The minimum atomic E-state index is -0.263. The number of imide groups is 1. The minimum absolute atomic E-state index is 0.0622. The zero-order valence-corrected chi connectivity index (χ0v) is 11.5. The molecule has 0 bridgehead atoms. The first-order valence-corrected chi connectivity index (χ1v) is 6.87. The Morgan fingerprint density at radius 2 is 1.75 bits per heavy atom. The number of amides is 2. The lowest BCUT2D eigenvalue weighted by Crippen LogP contribution is -2.42. The Kier molecular flexibility index (Phi) is 3.01. The first-order valence-electron chi connectivity index (χ1n) is 6.87. The van der Waals surface area contributed by atoms with Gasteiger partial charge in [0, 0.05) is 12.1 Å². The largest absolute Gasteiger partial charge is 0.268 e. The molecule has 20 heavy (non-hydrogen) atoms. The molecular weight excluding hydrogens is 252 g/mol. The summed E-state index contributed by atoms with van der Waals surface area (Å²) in [4.78, 5) is 30.4. The molecule has 0 saturated heterocycles. The van der Waals surface area contributed by atoms with Crippen LogP contribution in [0.5, 0.6) is 0 Å². The SMILES string of the molecule is CCC1C=CN=C(N2C(=O)c3ccccc3C2=O)C1C. The fourth-order valence-electron chi connectivity index (χ4n) is 2.85. The molecule has 0 radical (unpaired) electrons. The van der Waals surface area contributed by atoms with Crippen molar-refractivity contribution in [2.24, 2.45) is 16.8 Å². The van der Waals surface area contributed by atoms with Crippen molar-refractivity contribution < 1.29 is 9.59 Å². The van der Waals surface area contributed by atoms with Crippen molar-refractivity contribution in [3.63, 3.8) is 0 Å². The third-order valence-electron chi connectivity index (χ3n) is 4.08. The molecule has 0 N–H and O–H groups in total. The number of amidine groups is 1. The number of carbonyl (C=O) groups is 2. The van der Waals surface area contributed by atoms with E-state index in [-0.39, 0.29) is 17.7 Å². The predicted octanol–water partition coefficient (Wildman–Crippen LogP) is 2.87. The van der Waals surface area contributed by atoms with Gasteiger partial charge >= 0.3 is 0 Å². The fourth-order valence-corrected chi connectivity index (χ4v) is 2.85. The van der Waals surface area contributed by atoms with Gasteiger partial charge in [-0.25, -0.2) is 9.89 Å². The van der Waals surface area contributed by atoms with Gasteiger partial charge < -0.3 is 0 Å². The van der Waals surface area contributed by atoms with Gasteiger partial charge in [0.2, 0.25) is 0 Å². The van der Waals surface area contributed by atoms with Crippen molar-refractivity contribution in [3.8, 4) is 0 Å². The quantitative estimate of drug-likeness (QED) is 0.735. The molecule has 2 aliphatic rings. The zero-order valence-electron chi connectivity index (χ0n) is 11.5. The molecule has 0 fully saturated rings. The van der Waals surface area contributed by atoms with Gasteiger partial charge in [-0.1, -0.05) is 32.1 Å². The summed E-state index contributed by atoms with van der Waals surface area (Å²) >= 11 is 0. The molecule has 2 unspecified atom stereocenters. The lowest BCUT2D eigenvalue weighted by Gasteiger charge is -2.28. The van der Waals surface area contributed by atoms with Gasteiger partial charge in [-0.3, -0.25) is 9.59 Å². The van der Waals surface area contributed by atoms with Crippen LogP contribution in [0.4, 0.5) is 0 Å². The van der Waals surface area contributed by atoms with Gasteiger partial charge in [0.1, 0.15) is 5.84 Å². The number of hydrogen-bond donors (Lipinski definition) is 0. The van der Waals surface area contributed by atoms with Crippen molar-refractivity contribution >= 4 is 17.6 Å². The van der Waals surface area contributed by atoms with Gasteiger partial charge in [0.05, 0.1) is 11.1 Å². The maximum absolute atomic E-state index is 12.4. The van der Waals surface area contributed by atoms with E-state index in [0.717, 1.165) is 6.42 Å². The number of nitrogens with zero attached hydrogens (tertiary/aromatic N) is 2. The third-order valence-corrected chi connectivity index (χ3v) is 4.08. The summed E-state index contributed by atoms with van der Waals surface area (Å²) in [6, 6.07) is 6.93. The summed E-state index contributed by atoms with van der Waals surface area (Å²) in [5.41, 5.74) is 0.935.